The van der Waals surface area contributed by atoms with Gasteiger partial charge in [-0.3, -0.25) is 9.59 Å². The predicted molar refractivity (Wildman–Crippen MR) is 84.2 cm³/mol. The summed E-state index contributed by atoms with van der Waals surface area (Å²) < 4.78 is 1.33. The van der Waals surface area contributed by atoms with Crippen molar-refractivity contribution in [3.8, 4) is 0 Å². The summed E-state index contributed by atoms with van der Waals surface area (Å²) in [5, 5.41) is 9.03. The molecular weight excluding hydrogens is 333 g/mol. The Hall–Kier alpha value is -0.780. The molecule has 116 valence electrons. The Balaban J connectivity index is 1.79. The molecule has 2 heterocycles. The van der Waals surface area contributed by atoms with Crippen LogP contribution in [0.2, 0.25) is 8.67 Å². The summed E-state index contributed by atoms with van der Waals surface area (Å²) in [7, 11) is 0. The minimum absolute atomic E-state index is 0.0263. The van der Waals surface area contributed by atoms with Crippen LogP contribution in [-0.4, -0.2) is 35.0 Å². The first kappa shape index (κ1) is 16.6. The summed E-state index contributed by atoms with van der Waals surface area (Å²) >= 11 is 13.2. The Morgan fingerprint density at radius 2 is 2.19 bits per heavy atom. The topological polar surface area (TPSA) is 57.6 Å². The van der Waals surface area contributed by atoms with Gasteiger partial charge >= 0.3 is 5.97 Å². The van der Waals surface area contributed by atoms with Gasteiger partial charge in [-0.2, -0.15) is 0 Å². The van der Waals surface area contributed by atoms with Gasteiger partial charge in [-0.15, -0.1) is 11.3 Å². The van der Waals surface area contributed by atoms with Crippen molar-refractivity contribution in [2.45, 2.75) is 32.1 Å². The number of nitrogens with zero attached hydrogens (tertiary/aromatic N) is 1. The molecule has 1 unspecified atom stereocenters. The fourth-order valence-corrected chi connectivity index (χ4v) is 4.08. The molecule has 1 aliphatic rings. The summed E-state index contributed by atoms with van der Waals surface area (Å²) in [5.41, 5.74) is 0.974. The summed E-state index contributed by atoms with van der Waals surface area (Å²) in [6.07, 6.45) is 3.23. The molecule has 1 N–H and O–H groups in total. The van der Waals surface area contributed by atoms with E-state index in [2.05, 4.69) is 0 Å². The van der Waals surface area contributed by atoms with E-state index in [1.54, 1.807) is 4.90 Å². The highest BCUT2D eigenvalue weighted by Gasteiger charge is 2.27. The van der Waals surface area contributed by atoms with Crippen LogP contribution < -0.4 is 0 Å². The van der Waals surface area contributed by atoms with E-state index in [-0.39, 0.29) is 5.91 Å². The van der Waals surface area contributed by atoms with E-state index in [0.717, 1.165) is 12.0 Å². The van der Waals surface area contributed by atoms with Crippen LogP contribution >= 0.6 is 34.5 Å². The first-order valence-electron chi connectivity index (χ1n) is 6.91. The van der Waals surface area contributed by atoms with Crippen molar-refractivity contribution in [3.05, 3.63) is 20.3 Å². The van der Waals surface area contributed by atoms with Crippen molar-refractivity contribution in [2.75, 3.05) is 13.1 Å². The number of rotatable bonds is 5. The molecule has 1 atom stereocenters. The average Bonchev–Trinajstić information content (AvgIpc) is 2.77. The van der Waals surface area contributed by atoms with Gasteiger partial charge in [0.1, 0.15) is 0 Å². The number of carbonyl (C=O) groups is 2. The number of amides is 1. The first-order valence-corrected chi connectivity index (χ1v) is 8.49. The molecule has 21 heavy (non-hydrogen) atoms. The number of hydrogen-bond donors (Lipinski definition) is 1. The van der Waals surface area contributed by atoms with Crippen LogP contribution in [0, 0.1) is 5.92 Å². The molecule has 2 rings (SSSR count). The second kappa shape index (κ2) is 7.47. The Labute approximate surface area is 137 Å². The molecule has 1 saturated heterocycles. The quantitative estimate of drug-likeness (QED) is 0.881. The standard InChI is InChI=1S/C14H17Cl2NO3S/c15-11-7-9(13(16)21-11)3-1-5-12(18)17-6-2-4-10(8-17)14(19)20/h7,10H,1-6,8H2,(H,19,20). The Morgan fingerprint density at radius 1 is 1.43 bits per heavy atom. The Kier molecular flexibility index (Phi) is 5.90. The SMILES string of the molecule is O=C(O)C1CCCN(C(=O)CCCc2cc(Cl)sc2Cl)C1. The monoisotopic (exact) mass is 349 g/mol. The molecular formula is C14H17Cl2NO3S. The van der Waals surface area contributed by atoms with Gasteiger partial charge < -0.3 is 10.0 Å². The fourth-order valence-electron chi connectivity index (χ4n) is 2.54. The van der Waals surface area contributed by atoms with Crippen molar-refractivity contribution < 1.29 is 14.7 Å². The number of thiophene rings is 1. The lowest BCUT2D eigenvalue weighted by atomic mass is 9.98. The summed E-state index contributed by atoms with van der Waals surface area (Å²) in [5.74, 6) is -1.21. The number of aliphatic carboxylic acids is 1. The maximum Gasteiger partial charge on any atom is 0.308 e. The second-order valence-electron chi connectivity index (χ2n) is 5.22. The van der Waals surface area contributed by atoms with Crippen LogP contribution in [0.5, 0.6) is 0 Å². The highest BCUT2D eigenvalue weighted by molar-refractivity contribution is 7.20. The molecule has 0 bridgehead atoms. The number of likely N-dealkylation sites (tertiary alicyclic amines) is 1. The van der Waals surface area contributed by atoms with Gasteiger partial charge in [-0.05, 0) is 37.3 Å². The maximum absolute atomic E-state index is 12.1. The number of carboxylic acids is 1. The van der Waals surface area contributed by atoms with E-state index in [9.17, 15) is 9.59 Å². The normalized spacial score (nSPS) is 18.8. The highest BCUT2D eigenvalue weighted by atomic mass is 35.5. The van der Waals surface area contributed by atoms with Gasteiger partial charge in [0, 0.05) is 19.5 Å². The summed E-state index contributed by atoms with van der Waals surface area (Å²) in [6, 6.07) is 1.83. The van der Waals surface area contributed by atoms with Gasteiger partial charge in [0.2, 0.25) is 5.91 Å². The van der Waals surface area contributed by atoms with Gasteiger partial charge in [0.15, 0.2) is 0 Å². The molecule has 0 radical (unpaired) electrons. The Morgan fingerprint density at radius 3 is 2.81 bits per heavy atom. The lowest BCUT2D eigenvalue weighted by Crippen LogP contribution is -2.42. The van der Waals surface area contributed by atoms with Crippen molar-refractivity contribution in [2.24, 2.45) is 5.92 Å². The highest BCUT2D eigenvalue weighted by Crippen LogP contribution is 2.32. The number of hydrogen-bond acceptors (Lipinski definition) is 3. The van der Waals surface area contributed by atoms with Crippen LogP contribution in [0.15, 0.2) is 6.07 Å². The predicted octanol–water partition coefficient (Wildman–Crippen LogP) is 3.70. The summed E-state index contributed by atoms with van der Waals surface area (Å²) in [6.45, 7) is 0.993. The largest absolute Gasteiger partial charge is 0.481 e. The van der Waals surface area contributed by atoms with E-state index in [1.165, 1.54) is 11.3 Å². The van der Waals surface area contributed by atoms with Crippen LogP contribution in [0.25, 0.3) is 0 Å². The van der Waals surface area contributed by atoms with Crippen LogP contribution in [0.1, 0.15) is 31.2 Å². The van der Waals surface area contributed by atoms with Gasteiger partial charge in [-0.1, -0.05) is 23.2 Å². The molecule has 4 nitrogen and oxygen atoms in total. The molecule has 1 amide bonds. The molecule has 0 saturated carbocycles. The third-order valence-corrected chi connectivity index (χ3v) is 5.26. The Bertz CT molecular complexity index is 532. The molecule has 1 aliphatic heterocycles. The number of carbonyl (C=O) groups excluding carboxylic acids is 1. The molecule has 0 aromatic carbocycles. The first-order chi connectivity index (χ1) is 9.97. The van der Waals surface area contributed by atoms with Crippen molar-refractivity contribution in [3.63, 3.8) is 0 Å². The van der Waals surface area contributed by atoms with Crippen molar-refractivity contribution in [1.82, 2.24) is 4.90 Å². The van der Waals surface area contributed by atoms with Crippen molar-refractivity contribution >= 4 is 46.4 Å². The molecule has 1 aromatic heterocycles. The lowest BCUT2D eigenvalue weighted by molar-refractivity contribution is -0.145. The maximum atomic E-state index is 12.1. The van der Waals surface area contributed by atoms with E-state index in [1.807, 2.05) is 6.07 Å². The minimum atomic E-state index is -0.813. The zero-order valence-corrected chi connectivity index (χ0v) is 13.8. The fraction of sp³-hybridized carbons (Fsp3) is 0.571. The third-order valence-electron chi connectivity index (χ3n) is 3.69. The molecule has 0 spiro atoms. The molecule has 1 fully saturated rings. The number of piperidine rings is 1. The van der Waals surface area contributed by atoms with Gasteiger partial charge in [-0.25, -0.2) is 0 Å². The second-order valence-corrected chi connectivity index (χ2v) is 7.51. The van der Waals surface area contributed by atoms with Crippen LogP contribution in [0.3, 0.4) is 0 Å². The van der Waals surface area contributed by atoms with Gasteiger partial charge in [0.05, 0.1) is 14.6 Å². The van der Waals surface area contributed by atoms with Gasteiger partial charge in [0.25, 0.3) is 0 Å². The van der Waals surface area contributed by atoms with Crippen LogP contribution in [-0.2, 0) is 16.0 Å². The number of aryl methyl sites for hydroxylation is 1. The molecule has 0 aliphatic carbocycles. The van der Waals surface area contributed by atoms with Crippen LogP contribution in [0.4, 0.5) is 0 Å². The lowest BCUT2D eigenvalue weighted by Gasteiger charge is -2.30. The smallest absolute Gasteiger partial charge is 0.308 e. The zero-order chi connectivity index (χ0) is 15.4. The minimum Gasteiger partial charge on any atom is -0.481 e. The summed E-state index contributed by atoms with van der Waals surface area (Å²) in [4.78, 5) is 24.8. The van der Waals surface area contributed by atoms with E-state index >= 15 is 0 Å². The molecule has 1 aromatic rings. The molecule has 7 heteroatoms. The van der Waals surface area contributed by atoms with E-state index < -0.39 is 11.9 Å². The zero-order valence-electron chi connectivity index (χ0n) is 11.5. The van der Waals surface area contributed by atoms with Crippen molar-refractivity contribution in [1.29, 1.82) is 0 Å². The van der Waals surface area contributed by atoms with E-state index in [4.69, 9.17) is 28.3 Å². The number of carboxylic acid groups (broad SMARTS) is 1. The average molecular weight is 350 g/mol. The number of halogens is 2. The van der Waals surface area contributed by atoms with E-state index in [0.29, 0.717) is 47.4 Å². The third kappa shape index (κ3) is 4.59.